The van der Waals surface area contributed by atoms with Crippen molar-refractivity contribution in [2.45, 2.75) is 62.3 Å². The van der Waals surface area contributed by atoms with Crippen LogP contribution in [0.1, 0.15) is 51.4 Å². The zero-order valence-corrected chi connectivity index (χ0v) is 17.0. The molecule has 3 aliphatic heterocycles. The molecule has 1 aromatic heterocycles. The van der Waals surface area contributed by atoms with Crippen molar-refractivity contribution >= 4 is 15.8 Å². The van der Waals surface area contributed by atoms with Crippen LogP contribution in [0.4, 0.5) is 5.82 Å². The molecule has 150 valence electrons. The van der Waals surface area contributed by atoms with Crippen LogP contribution in [0.3, 0.4) is 0 Å². The Balaban J connectivity index is 1.43. The Kier molecular flexibility index (Phi) is 5.99. The zero-order valence-electron chi connectivity index (χ0n) is 16.2. The topological polar surface area (TPSA) is 56.8 Å². The summed E-state index contributed by atoms with van der Waals surface area (Å²) in [6, 6.07) is 4.24. The average Bonchev–Trinajstić information content (AvgIpc) is 3.12. The molecule has 1 aromatic rings. The minimum atomic E-state index is -3.37. The van der Waals surface area contributed by atoms with Crippen molar-refractivity contribution in [2.24, 2.45) is 0 Å². The predicted molar refractivity (Wildman–Crippen MR) is 108 cm³/mol. The predicted octanol–water partition coefficient (Wildman–Crippen LogP) is 2.71. The van der Waals surface area contributed by atoms with Crippen LogP contribution in [0.25, 0.3) is 0 Å². The largest absolute Gasteiger partial charge is 0.355 e. The minimum absolute atomic E-state index is 0.328. The van der Waals surface area contributed by atoms with Gasteiger partial charge in [0.05, 0.1) is 0 Å². The lowest BCUT2D eigenvalue weighted by atomic mass is 10.0. The fourth-order valence-electron chi connectivity index (χ4n) is 4.71. The number of anilines is 1. The lowest BCUT2D eigenvalue weighted by Gasteiger charge is -2.39. The van der Waals surface area contributed by atoms with Crippen molar-refractivity contribution in [3.63, 3.8) is 0 Å². The number of piperidine rings is 1. The first-order valence-corrected chi connectivity index (χ1v) is 12.0. The molecule has 1 unspecified atom stereocenters. The third-order valence-corrected chi connectivity index (χ3v) is 8.18. The smallest absolute Gasteiger partial charge is 0.244 e. The van der Waals surface area contributed by atoms with Crippen LogP contribution < -0.4 is 4.90 Å². The number of nitrogens with zero attached hydrogens (tertiary/aromatic N) is 4. The van der Waals surface area contributed by atoms with Gasteiger partial charge in [-0.1, -0.05) is 12.8 Å². The number of hydrogen-bond donors (Lipinski definition) is 0. The second kappa shape index (κ2) is 8.45. The van der Waals surface area contributed by atoms with E-state index >= 15 is 0 Å². The Morgan fingerprint density at radius 1 is 0.852 bits per heavy atom. The highest BCUT2D eigenvalue weighted by Crippen LogP contribution is 2.25. The molecule has 7 heteroatoms. The monoisotopic (exact) mass is 392 g/mol. The molecule has 0 radical (unpaired) electrons. The van der Waals surface area contributed by atoms with Gasteiger partial charge in [0, 0.05) is 38.4 Å². The molecule has 6 nitrogen and oxygen atoms in total. The molecule has 0 amide bonds. The quantitative estimate of drug-likeness (QED) is 0.789. The van der Waals surface area contributed by atoms with Crippen LogP contribution >= 0.6 is 0 Å². The molecule has 0 aliphatic carbocycles. The summed E-state index contributed by atoms with van der Waals surface area (Å²) in [5.41, 5.74) is 0. The van der Waals surface area contributed by atoms with Gasteiger partial charge in [-0.2, -0.15) is 4.31 Å². The maximum atomic E-state index is 12.7. The molecular weight excluding hydrogens is 360 g/mol. The van der Waals surface area contributed by atoms with E-state index in [0.717, 1.165) is 31.7 Å². The first kappa shape index (κ1) is 19.2. The van der Waals surface area contributed by atoms with Gasteiger partial charge in [0.1, 0.15) is 10.7 Å². The van der Waals surface area contributed by atoms with Gasteiger partial charge in [-0.15, -0.1) is 0 Å². The van der Waals surface area contributed by atoms with Crippen LogP contribution in [-0.4, -0.2) is 67.9 Å². The van der Waals surface area contributed by atoms with Crippen molar-refractivity contribution in [3.8, 4) is 0 Å². The van der Waals surface area contributed by atoms with E-state index in [1.807, 2.05) is 6.07 Å². The van der Waals surface area contributed by atoms with Crippen LogP contribution in [0.5, 0.6) is 0 Å². The Bertz CT molecular complexity index is 708. The van der Waals surface area contributed by atoms with E-state index in [0.29, 0.717) is 24.0 Å². The van der Waals surface area contributed by atoms with E-state index in [4.69, 9.17) is 0 Å². The van der Waals surface area contributed by atoms with Crippen molar-refractivity contribution in [1.29, 1.82) is 0 Å². The third kappa shape index (κ3) is 4.30. The fraction of sp³-hybridized carbons (Fsp3) is 0.750. The van der Waals surface area contributed by atoms with Crippen molar-refractivity contribution in [2.75, 3.05) is 44.2 Å². The lowest BCUT2D eigenvalue weighted by Crippen LogP contribution is -2.48. The molecule has 3 aliphatic rings. The molecule has 4 rings (SSSR count). The van der Waals surface area contributed by atoms with E-state index in [9.17, 15) is 8.42 Å². The lowest BCUT2D eigenvalue weighted by molar-refractivity contribution is 0.182. The summed E-state index contributed by atoms with van der Waals surface area (Å²) in [6.07, 6.45) is 11.3. The van der Waals surface area contributed by atoms with Gasteiger partial charge in [-0.3, -0.25) is 4.90 Å². The molecule has 0 bridgehead atoms. The SMILES string of the molecule is O=S(=O)(c1ccc(N2CCCC(N3CCCCCC3)C2)nc1)N1CCCC1. The number of hydrogen-bond acceptors (Lipinski definition) is 5. The van der Waals surface area contributed by atoms with Gasteiger partial charge in [-0.05, 0) is 63.7 Å². The van der Waals surface area contributed by atoms with Crippen LogP contribution in [0.15, 0.2) is 23.2 Å². The first-order valence-electron chi connectivity index (χ1n) is 10.6. The molecule has 0 N–H and O–H groups in total. The van der Waals surface area contributed by atoms with Gasteiger partial charge < -0.3 is 4.90 Å². The number of rotatable bonds is 4. The Hall–Kier alpha value is -1.18. The van der Waals surface area contributed by atoms with Gasteiger partial charge >= 0.3 is 0 Å². The number of likely N-dealkylation sites (tertiary alicyclic amines) is 1. The minimum Gasteiger partial charge on any atom is -0.355 e. The maximum Gasteiger partial charge on any atom is 0.244 e. The fourth-order valence-corrected chi connectivity index (χ4v) is 6.17. The summed E-state index contributed by atoms with van der Waals surface area (Å²) in [7, 11) is -3.37. The Morgan fingerprint density at radius 2 is 1.56 bits per heavy atom. The maximum absolute atomic E-state index is 12.7. The second-order valence-electron chi connectivity index (χ2n) is 8.16. The van der Waals surface area contributed by atoms with E-state index in [2.05, 4.69) is 14.8 Å². The normalized spacial score (nSPS) is 26.2. The third-order valence-electron chi connectivity index (χ3n) is 6.30. The molecule has 3 saturated heterocycles. The van der Waals surface area contributed by atoms with Crippen LogP contribution in [0.2, 0.25) is 0 Å². The molecule has 0 spiro atoms. The second-order valence-corrected chi connectivity index (χ2v) is 10.1. The summed E-state index contributed by atoms with van der Waals surface area (Å²) >= 11 is 0. The van der Waals surface area contributed by atoms with E-state index in [1.165, 1.54) is 51.6 Å². The molecular formula is C20H32N4O2S. The summed E-state index contributed by atoms with van der Waals surface area (Å²) in [4.78, 5) is 9.88. The highest BCUT2D eigenvalue weighted by molar-refractivity contribution is 7.89. The molecule has 0 saturated carbocycles. The van der Waals surface area contributed by atoms with Crippen molar-refractivity contribution in [1.82, 2.24) is 14.2 Å². The van der Waals surface area contributed by atoms with Gasteiger partial charge in [-0.25, -0.2) is 13.4 Å². The summed E-state index contributed by atoms with van der Waals surface area (Å²) in [6.45, 7) is 5.72. The van der Waals surface area contributed by atoms with Crippen molar-refractivity contribution in [3.05, 3.63) is 18.3 Å². The van der Waals surface area contributed by atoms with Gasteiger partial charge in [0.15, 0.2) is 0 Å². The van der Waals surface area contributed by atoms with E-state index < -0.39 is 10.0 Å². The Morgan fingerprint density at radius 3 is 2.22 bits per heavy atom. The standard InChI is InChI=1S/C20H32N4O2S/c25-27(26,24-14-5-6-15-24)19-9-10-20(21-16-19)23-13-7-8-18(17-23)22-11-3-1-2-4-12-22/h9-10,16,18H,1-8,11-15,17H2. The molecule has 4 heterocycles. The van der Waals surface area contributed by atoms with Crippen LogP contribution in [0, 0.1) is 0 Å². The average molecular weight is 393 g/mol. The summed E-state index contributed by atoms with van der Waals surface area (Å²) in [5, 5.41) is 0. The van der Waals surface area contributed by atoms with Crippen molar-refractivity contribution < 1.29 is 8.42 Å². The molecule has 27 heavy (non-hydrogen) atoms. The molecule has 1 atom stereocenters. The first-order chi connectivity index (χ1) is 13.1. The summed E-state index contributed by atoms with van der Waals surface area (Å²) < 4.78 is 26.9. The Labute approximate surface area is 163 Å². The highest BCUT2D eigenvalue weighted by atomic mass is 32.2. The van der Waals surface area contributed by atoms with E-state index in [1.54, 1.807) is 16.6 Å². The van der Waals surface area contributed by atoms with Gasteiger partial charge in [0.25, 0.3) is 0 Å². The number of sulfonamides is 1. The number of aromatic nitrogens is 1. The van der Waals surface area contributed by atoms with E-state index in [-0.39, 0.29) is 0 Å². The van der Waals surface area contributed by atoms with Gasteiger partial charge in [0.2, 0.25) is 10.0 Å². The number of pyridine rings is 1. The van der Waals surface area contributed by atoms with Crippen LogP contribution in [-0.2, 0) is 10.0 Å². The summed E-state index contributed by atoms with van der Waals surface area (Å²) in [5.74, 6) is 0.912. The zero-order chi connectivity index (χ0) is 18.7. The molecule has 3 fully saturated rings. The highest BCUT2D eigenvalue weighted by Gasteiger charge is 2.29. The molecule has 0 aromatic carbocycles.